The quantitative estimate of drug-likeness (QED) is 0.0411. The van der Waals surface area contributed by atoms with Gasteiger partial charge in [-0.05, 0) is 58.3 Å². The number of rotatable bonds is 32. The minimum Gasteiger partial charge on any atom is -1.00 e. The van der Waals surface area contributed by atoms with Crippen LogP contribution in [-0.2, 0) is 9.59 Å². The van der Waals surface area contributed by atoms with Crippen LogP contribution in [0.25, 0.3) is 0 Å². The molecule has 45 heavy (non-hydrogen) atoms. The van der Waals surface area contributed by atoms with Crippen LogP contribution in [0.15, 0.2) is 12.2 Å². The third-order valence-electron chi connectivity index (χ3n) is 10.3. The smallest absolute Gasteiger partial charge is 0.314 e. The van der Waals surface area contributed by atoms with Crippen molar-refractivity contribution in [3.8, 4) is 0 Å². The van der Waals surface area contributed by atoms with Crippen molar-refractivity contribution in [1.82, 2.24) is 0 Å². The highest BCUT2D eigenvalue weighted by Crippen LogP contribution is 2.26. The number of Topliss-reactive ketones (excluding diaryl/α,β-unsaturated/α-hetero) is 1. The van der Waals surface area contributed by atoms with Gasteiger partial charge in [0.2, 0.25) is 0 Å². The number of carbonyl (C=O) groups excluding carboxylic acids is 2. The average molecular weight is 655 g/mol. The molecular formula is C41H80ClNO2. The van der Waals surface area contributed by atoms with Gasteiger partial charge in [-0.25, -0.2) is 4.79 Å². The summed E-state index contributed by atoms with van der Waals surface area (Å²) in [6, 6.07) is 0. The molecule has 0 aliphatic carbocycles. The Balaban J connectivity index is 0. The van der Waals surface area contributed by atoms with Crippen LogP contribution in [0.1, 0.15) is 214 Å². The zero-order valence-electron chi connectivity index (χ0n) is 31.7. The van der Waals surface area contributed by atoms with Crippen LogP contribution >= 0.6 is 0 Å². The summed E-state index contributed by atoms with van der Waals surface area (Å²) in [5.74, 6) is 1.30. The minimum absolute atomic E-state index is 0. The van der Waals surface area contributed by atoms with Gasteiger partial charge in [0.1, 0.15) is 0 Å². The van der Waals surface area contributed by atoms with E-state index in [0.717, 1.165) is 31.6 Å². The zero-order chi connectivity index (χ0) is 32.9. The molecule has 0 aliphatic rings. The van der Waals surface area contributed by atoms with Crippen molar-refractivity contribution in [2.24, 2.45) is 5.92 Å². The fourth-order valence-corrected chi connectivity index (χ4v) is 6.16. The Kier molecular flexibility index (Phi) is 31.6. The first-order valence-corrected chi connectivity index (χ1v) is 19.6. The van der Waals surface area contributed by atoms with Crippen molar-refractivity contribution in [1.29, 1.82) is 0 Å². The molecule has 0 radical (unpaired) electrons. The summed E-state index contributed by atoms with van der Waals surface area (Å²) in [7, 11) is 3.90. The second-order valence-corrected chi connectivity index (χ2v) is 15.3. The molecule has 0 saturated heterocycles. The Bertz CT molecular complexity index is 712. The first-order valence-electron chi connectivity index (χ1n) is 19.6. The Hall–Kier alpha value is -0.670. The van der Waals surface area contributed by atoms with Crippen LogP contribution in [-0.4, -0.2) is 35.8 Å². The highest BCUT2D eigenvalue weighted by Gasteiger charge is 2.47. The maximum atomic E-state index is 13.2. The number of amides is 1. The second-order valence-electron chi connectivity index (χ2n) is 15.3. The minimum atomic E-state index is -0.660. The van der Waals surface area contributed by atoms with Gasteiger partial charge in [-0.1, -0.05) is 161 Å². The summed E-state index contributed by atoms with van der Waals surface area (Å²) in [6.07, 6.45) is 39.5. The molecule has 0 aromatic rings. The SMILES string of the molecule is CCCCCCCC/C=C\CCCCCCCC(=O)C(C)(C)[N+](C)(C)C(=O)CCCCCCCCCCCCCCC(C)C.[Cl-]. The highest BCUT2D eigenvalue weighted by atomic mass is 35.5. The summed E-state index contributed by atoms with van der Waals surface area (Å²) in [4.78, 5) is 26.4. The van der Waals surface area contributed by atoms with Crippen molar-refractivity contribution in [2.75, 3.05) is 14.1 Å². The molecule has 0 unspecified atom stereocenters. The molecule has 0 atom stereocenters. The lowest BCUT2D eigenvalue weighted by Gasteiger charge is -2.41. The van der Waals surface area contributed by atoms with E-state index in [1.165, 1.54) is 141 Å². The molecule has 0 spiro atoms. The predicted molar refractivity (Wildman–Crippen MR) is 195 cm³/mol. The zero-order valence-corrected chi connectivity index (χ0v) is 32.4. The number of hydrogen-bond donors (Lipinski definition) is 0. The van der Waals surface area contributed by atoms with E-state index in [4.69, 9.17) is 0 Å². The number of halogens is 1. The first-order chi connectivity index (χ1) is 21.1. The number of carbonyl (C=O) groups is 2. The van der Waals surface area contributed by atoms with E-state index in [0.29, 0.717) is 12.8 Å². The molecule has 0 aliphatic heterocycles. The third kappa shape index (κ3) is 25.1. The second kappa shape index (κ2) is 30.7. The van der Waals surface area contributed by atoms with Gasteiger partial charge in [0, 0.05) is 6.42 Å². The monoisotopic (exact) mass is 654 g/mol. The standard InChI is InChI=1S/C41H80NO2.ClH/c1-8-9-10-11-12-13-14-15-16-17-21-24-27-30-33-36-39(43)41(4,5)42(6,7)40(44)37-34-31-28-25-22-19-18-20-23-26-29-32-35-38(2)3;/h15-16,38H,8-14,17-37H2,1-7H3;1H/q+1;/p-1/b16-15-;. The Morgan fingerprint density at radius 3 is 1.33 bits per heavy atom. The number of nitrogens with zero attached hydrogens (tertiary/aromatic N) is 1. The van der Waals surface area contributed by atoms with Crippen molar-refractivity contribution in [3.05, 3.63) is 12.2 Å². The van der Waals surface area contributed by atoms with Gasteiger partial charge in [-0.3, -0.25) is 9.28 Å². The summed E-state index contributed by atoms with van der Waals surface area (Å²) >= 11 is 0. The molecule has 3 nitrogen and oxygen atoms in total. The average Bonchev–Trinajstić information content (AvgIpc) is 2.98. The molecular weight excluding hydrogens is 574 g/mol. The van der Waals surface area contributed by atoms with Crippen molar-refractivity contribution >= 4 is 11.7 Å². The van der Waals surface area contributed by atoms with Crippen LogP contribution < -0.4 is 12.4 Å². The molecule has 1 amide bonds. The number of quaternary nitrogens is 1. The van der Waals surface area contributed by atoms with Gasteiger partial charge in [0.05, 0.1) is 20.5 Å². The van der Waals surface area contributed by atoms with Gasteiger partial charge in [0.25, 0.3) is 0 Å². The Labute approximate surface area is 289 Å². The van der Waals surface area contributed by atoms with Crippen molar-refractivity contribution in [2.45, 2.75) is 220 Å². The van der Waals surface area contributed by atoms with Crippen LogP contribution in [0.2, 0.25) is 0 Å². The topological polar surface area (TPSA) is 34.1 Å². The largest absolute Gasteiger partial charge is 1.00 e. The van der Waals surface area contributed by atoms with Crippen LogP contribution in [0.3, 0.4) is 0 Å². The number of likely N-dealkylation sites (N-methyl/N-ethyl adjacent to an activating group) is 1. The Morgan fingerprint density at radius 1 is 0.556 bits per heavy atom. The molecule has 0 bridgehead atoms. The highest BCUT2D eigenvalue weighted by molar-refractivity contribution is 5.88. The fraction of sp³-hybridized carbons (Fsp3) is 0.902. The van der Waals surface area contributed by atoms with E-state index in [-0.39, 0.29) is 28.6 Å². The summed E-state index contributed by atoms with van der Waals surface area (Å²) < 4.78 is 0.175. The van der Waals surface area contributed by atoms with Crippen molar-refractivity contribution in [3.63, 3.8) is 0 Å². The van der Waals surface area contributed by atoms with E-state index in [2.05, 4.69) is 32.9 Å². The van der Waals surface area contributed by atoms with Gasteiger partial charge in [0.15, 0.2) is 11.3 Å². The summed E-state index contributed by atoms with van der Waals surface area (Å²) in [5, 5.41) is 0. The lowest BCUT2D eigenvalue weighted by Crippen LogP contribution is -3.00. The fourth-order valence-electron chi connectivity index (χ4n) is 6.16. The number of unbranched alkanes of at least 4 members (excludes halogenated alkanes) is 22. The van der Waals surface area contributed by atoms with E-state index in [1.54, 1.807) is 0 Å². The summed E-state index contributed by atoms with van der Waals surface area (Å²) in [6.45, 7) is 10.9. The van der Waals surface area contributed by atoms with Gasteiger partial charge in [-0.2, -0.15) is 0 Å². The number of ketones is 1. The van der Waals surface area contributed by atoms with Crippen LogP contribution in [0.5, 0.6) is 0 Å². The van der Waals surface area contributed by atoms with E-state index in [1.807, 2.05) is 27.9 Å². The molecule has 0 N–H and O–H groups in total. The maximum absolute atomic E-state index is 13.2. The Morgan fingerprint density at radius 2 is 0.911 bits per heavy atom. The molecule has 4 heteroatoms. The van der Waals surface area contributed by atoms with E-state index >= 15 is 0 Å². The van der Waals surface area contributed by atoms with E-state index < -0.39 is 5.54 Å². The van der Waals surface area contributed by atoms with Crippen LogP contribution in [0.4, 0.5) is 0 Å². The third-order valence-corrected chi connectivity index (χ3v) is 10.3. The predicted octanol–water partition coefficient (Wildman–Crippen LogP) is 10.1. The molecule has 0 heterocycles. The maximum Gasteiger partial charge on any atom is 0.314 e. The normalized spacial score (nSPS) is 12.3. The molecule has 0 rings (SSSR count). The lowest BCUT2D eigenvalue weighted by atomic mass is 9.90. The van der Waals surface area contributed by atoms with Crippen LogP contribution in [0, 0.1) is 5.92 Å². The van der Waals surface area contributed by atoms with Gasteiger partial charge >= 0.3 is 5.91 Å². The van der Waals surface area contributed by atoms with E-state index in [9.17, 15) is 9.59 Å². The number of allylic oxidation sites excluding steroid dienone is 2. The van der Waals surface area contributed by atoms with Gasteiger partial charge < -0.3 is 12.4 Å². The molecule has 0 saturated carbocycles. The molecule has 0 aromatic heterocycles. The number of hydrogen-bond acceptors (Lipinski definition) is 2. The first kappa shape index (κ1) is 46.4. The molecule has 0 fully saturated rings. The molecule has 268 valence electrons. The summed E-state index contributed by atoms with van der Waals surface area (Å²) in [5.41, 5.74) is -0.660. The van der Waals surface area contributed by atoms with Gasteiger partial charge in [-0.15, -0.1) is 0 Å². The molecule has 0 aromatic carbocycles. The lowest BCUT2D eigenvalue weighted by molar-refractivity contribution is -0.854. The van der Waals surface area contributed by atoms with Crippen molar-refractivity contribution < 1.29 is 26.5 Å².